The van der Waals surface area contributed by atoms with E-state index >= 15 is 0 Å². The Bertz CT molecular complexity index is 438. The van der Waals surface area contributed by atoms with Crippen LogP contribution in [0.15, 0.2) is 24.3 Å². The van der Waals surface area contributed by atoms with Gasteiger partial charge in [0.25, 0.3) is 0 Å². The molecule has 0 bridgehead atoms. The van der Waals surface area contributed by atoms with Crippen molar-refractivity contribution in [2.24, 2.45) is 5.73 Å². The van der Waals surface area contributed by atoms with Gasteiger partial charge in [0.1, 0.15) is 11.9 Å². The summed E-state index contributed by atoms with van der Waals surface area (Å²) in [5.41, 5.74) is 6.76. The van der Waals surface area contributed by atoms with E-state index in [9.17, 15) is 0 Å². The van der Waals surface area contributed by atoms with Crippen LogP contribution < -0.4 is 10.5 Å². The molecule has 2 saturated heterocycles. The second kappa shape index (κ2) is 6.12. The smallest absolute Gasteiger partial charge is 0.120 e. The fourth-order valence-corrected chi connectivity index (χ4v) is 3.11. The minimum Gasteiger partial charge on any atom is -0.490 e. The van der Waals surface area contributed by atoms with E-state index in [1.165, 1.54) is 0 Å². The lowest BCUT2D eigenvalue weighted by molar-refractivity contribution is -0.155. The second-order valence-corrected chi connectivity index (χ2v) is 5.73. The quantitative estimate of drug-likeness (QED) is 0.920. The van der Waals surface area contributed by atoms with Crippen molar-refractivity contribution < 1.29 is 14.2 Å². The lowest BCUT2D eigenvalue weighted by Crippen LogP contribution is -2.47. The third-order valence-electron chi connectivity index (χ3n) is 4.29. The molecule has 0 saturated carbocycles. The van der Waals surface area contributed by atoms with E-state index in [1.807, 2.05) is 24.3 Å². The van der Waals surface area contributed by atoms with E-state index in [0.717, 1.165) is 56.8 Å². The second-order valence-electron chi connectivity index (χ2n) is 5.73. The number of rotatable bonds is 3. The molecule has 0 amide bonds. The molecule has 2 fully saturated rings. The molecule has 110 valence electrons. The molecular weight excluding hydrogens is 254 g/mol. The van der Waals surface area contributed by atoms with E-state index < -0.39 is 0 Å². The van der Waals surface area contributed by atoms with Crippen molar-refractivity contribution in [3.05, 3.63) is 29.8 Å². The summed E-state index contributed by atoms with van der Waals surface area (Å²) in [6, 6.07) is 8.06. The van der Waals surface area contributed by atoms with E-state index in [2.05, 4.69) is 0 Å². The molecule has 2 N–H and O–H groups in total. The zero-order valence-electron chi connectivity index (χ0n) is 11.8. The summed E-state index contributed by atoms with van der Waals surface area (Å²) in [5.74, 6) is 0.919. The van der Waals surface area contributed by atoms with Crippen LogP contribution in [0.5, 0.6) is 5.75 Å². The van der Waals surface area contributed by atoms with Crippen LogP contribution in [-0.2, 0) is 16.0 Å². The highest BCUT2D eigenvalue weighted by Gasteiger charge is 2.39. The zero-order chi connectivity index (χ0) is 13.8. The van der Waals surface area contributed by atoms with Gasteiger partial charge in [-0.15, -0.1) is 0 Å². The van der Waals surface area contributed by atoms with Gasteiger partial charge in [0.05, 0.1) is 12.2 Å². The fourth-order valence-electron chi connectivity index (χ4n) is 3.11. The molecule has 1 aromatic carbocycles. The highest BCUT2D eigenvalue weighted by Crippen LogP contribution is 2.35. The fraction of sp³-hybridized carbons (Fsp3) is 0.625. The summed E-state index contributed by atoms with van der Waals surface area (Å²) < 4.78 is 17.6. The van der Waals surface area contributed by atoms with Crippen molar-refractivity contribution in [1.29, 1.82) is 0 Å². The number of hydrogen-bond donors (Lipinski definition) is 1. The summed E-state index contributed by atoms with van der Waals surface area (Å²) in [7, 11) is 0. The van der Waals surface area contributed by atoms with Gasteiger partial charge in [-0.1, -0.05) is 12.1 Å². The van der Waals surface area contributed by atoms with E-state index in [0.29, 0.717) is 6.54 Å². The number of ether oxygens (including phenoxy) is 3. The highest BCUT2D eigenvalue weighted by molar-refractivity contribution is 5.28. The van der Waals surface area contributed by atoms with Crippen LogP contribution in [0, 0.1) is 0 Å². The maximum Gasteiger partial charge on any atom is 0.120 e. The number of benzene rings is 1. The van der Waals surface area contributed by atoms with Crippen LogP contribution in [0.2, 0.25) is 0 Å². The zero-order valence-corrected chi connectivity index (χ0v) is 11.8. The number of nitrogens with two attached hydrogens (primary N) is 1. The summed E-state index contributed by atoms with van der Waals surface area (Å²) in [6.07, 6.45) is 4.11. The molecule has 3 rings (SSSR count). The first-order valence-electron chi connectivity index (χ1n) is 7.47. The molecule has 1 atom stereocenters. The molecule has 1 aromatic rings. The van der Waals surface area contributed by atoms with Gasteiger partial charge in [-0.2, -0.15) is 0 Å². The van der Waals surface area contributed by atoms with Crippen LogP contribution in [-0.4, -0.2) is 31.5 Å². The Morgan fingerprint density at radius 1 is 1.25 bits per heavy atom. The molecule has 1 spiro atoms. The van der Waals surface area contributed by atoms with Crippen LogP contribution in [0.1, 0.15) is 31.2 Å². The average molecular weight is 277 g/mol. The summed E-state index contributed by atoms with van der Waals surface area (Å²) in [4.78, 5) is 0. The number of hydrogen-bond acceptors (Lipinski definition) is 4. The van der Waals surface area contributed by atoms with Crippen LogP contribution in [0.3, 0.4) is 0 Å². The van der Waals surface area contributed by atoms with E-state index in [4.69, 9.17) is 19.9 Å². The Labute approximate surface area is 120 Å². The van der Waals surface area contributed by atoms with Crippen molar-refractivity contribution in [3.63, 3.8) is 0 Å². The monoisotopic (exact) mass is 277 g/mol. The Hall–Kier alpha value is -1.10. The molecule has 0 radical (unpaired) electrons. The maximum absolute atomic E-state index is 6.15. The molecule has 0 aromatic heterocycles. The third kappa shape index (κ3) is 3.14. The molecule has 2 heterocycles. The first kappa shape index (κ1) is 13.9. The molecule has 20 heavy (non-hydrogen) atoms. The maximum atomic E-state index is 6.15. The normalized spacial score (nSPS) is 25.6. The van der Waals surface area contributed by atoms with Crippen molar-refractivity contribution in [2.45, 2.75) is 43.9 Å². The standard InChI is InChI=1S/C16H23NO3/c17-12-13-2-1-3-14(10-13)20-15-4-7-19-16(11-15)5-8-18-9-6-16/h1-3,10,15H,4-9,11-12,17H2. The predicted molar refractivity (Wildman–Crippen MR) is 76.7 cm³/mol. The van der Waals surface area contributed by atoms with Crippen LogP contribution >= 0.6 is 0 Å². The largest absolute Gasteiger partial charge is 0.490 e. The molecule has 0 aliphatic carbocycles. The van der Waals surface area contributed by atoms with Crippen molar-refractivity contribution in [2.75, 3.05) is 19.8 Å². The highest BCUT2D eigenvalue weighted by atomic mass is 16.5. The molecule has 4 heteroatoms. The average Bonchev–Trinajstić information content (AvgIpc) is 2.48. The summed E-state index contributed by atoms with van der Waals surface area (Å²) in [5, 5.41) is 0. The lowest BCUT2D eigenvalue weighted by Gasteiger charge is -2.43. The third-order valence-corrected chi connectivity index (χ3v) is 4.29. The topological polar surface area (TPSA) is 53.7 Å². The van der Waals surface area contributed by atoms with Gasteiger partial charge in [0.15, 0.2) is 0 Å². The first-order chi connectivity index (χ1) is 9.80. The first-order valence-corrected chi connectivity index (χ1v) is 7.47. The van der Waals surface area contributed by atoms with Crippen LogP contribution in [0.25, 0.3) is 0 Å². The molecule has 1 unspecified atom stereocenters. The molecule has 2 aliphatic rings. The lowest BCUT2D eigenvalue weighted by atomic mass is 9.85. The Kier molecular flexibility index (Phi) is 4.24. The minimum atomic E-state index is -0.0212. The van der Waals surface area contributed by atoms with Crippen molar-refractivity contribution >= 4 is 0 Å². The Morgan fingerprint density at radius 3 is 2.90 bits per heavy atom. The summed E-state index contributed by atoms with van der Waals surface area (Å²) in [6.45, 7) is 2.93. The van der Waals surface area contributed by atoms with Gasteiger partial charge < -0.3 is 19.9 Å². The van der Waals surface area contributed by atoms with Gasteiger partial charge >= 0.3 is 0 Å². The van der Waals surface area contributed by atoms with Gasteiger partial charge in [0, 0.05) is 32.6 Å². The molecule has 4 nitrogen and oxygen atoms in total. The van der Waals surface area contributed by atoms with Gasteiger partial charge in [-0.05, 0) is 30.5 Å². The predicted octanol–water partition coefficient (Wildman–Crippen LogP) is 2.25. The van der Waals surface area contributed by atoms with Crippen LogP contribution in [0.4, 0.5) is 0 Å². The van der Waals surface area contributed by atoms with E-state index in [1.54, 1.807) is 0 Å². The minimum absolute atomic E-state index is 0.0212. The van der Waals surface area contributed by atoms with Crippen molar-refractivity contribution in [1.82, 2.24) is 0 Å². The van der Waals surface area contributed by atoms with Gasteiger partial charge in [0.2, 0.25) is 0 Å². The van der Waals surface area contributed by atoms with Crippen molar-refractivity contribution in [3.8, 4) is 5.75 Å². The molecular formula is C16H23NO3. The van der Waals surface area contributed by atoms with E-state index in [-0.39, 0.29) is 11.7 Å². The Balaban J connectivity index is 1.64. The summed E-state index contributed by atoms with van der Waals surface area (Å²) >= 11 is 0. The molecule has 2 aliphatic heterocycles. The SMILES string of the molecule is NCc1cccc(OC2CCOC3(CCOCC3)C2)c1. The van der Waals surface area contributed by atoms with Gasteiger partial charge in [-0.25, -0.2) is 0 Å². The van der Waals surface area contributed by atoms with Gasteiger partial charge in [-0.3, -0.25) is 0 Å². The Morgan fingerprint density at radius 2 is 2.10 bits per heavy atom.